The van der Waals surface area contributed by atoms with E-state index in [9.17, 15) is 14.7 Å². The number of hydrogen-bond donors (Lipinski definition) is 2. The maximum absolute atomic E-state index is 11.3. The standard InChI is InChI=1S/C10H18N2O3/c1-8(13)12(2)6-9(14)11-7-10(15)4-3-5-10/h15H,3-7H2,1-2H3,(H,11,14). The summed E-state index contributed by atoms with van der Waals surface area (Å²) in [6.45, 7) is 1.75. The Morgan fingerprint density at radius 3 is 2.47 bits per heavy atom. The number of nitrogens with zero attached hydrogens (tertiary/aromatic N) is 1. The molecule has 2 N–H and O–H groups in total. The Morgan fingerprint density at radius 1 is 1.47 bits per heavy atom. The average molecular weight is 214 g/mol. The van der Waals surface area contributed by atoms with Gasteiger partial charge in [-0.2, -0.15) is 0 Å². The lowest BCUT2D eigenvalue weighted by atomic mass is 9.80. The highest BCUT2D eigenvalue weighted by Gasteiger charge is 2.34. The fraction of sp³-hybridized carbons (Fsp3) is 0.800. The zero-order chi connectivity index (χ0) is 11.5. The normalized spacial score (nSPS) is 17.8. The van der Waals surface area contributed by atoms with E-state index in [0.29, 0.717) is 0 Å². The van der Waals surface area contributed by atoms with E-state index in [-0.39, 0.29) is 24.9 Å². The summed E-state index contributed by atoms with van der Waals surface area (Å²) in [5.41, 5.74) is -0.704. The van der Waals surface area contributed by atoms with Gasteiger partial charge in [-0.3, -0.25) is 9.59 Å². The summed E-state index contributed by atoms with van der Waals surface area (Å²) in [5, 5.41) is 12.3. The lowest BCUT2D eigenvalue weighted by Crippen LogP contribution is -2.49. The van der Waals surface area contributed by atoms with Gasteiger partial charge in [0.15, 0.2) is 0 Å². The summed E-state index contributed by atoms with van der Waals surface area (Å²) in [4.78, 5) is 23.5. The van der Waals surface area contributed by atoms with Crippen molar-refractivity contribution >= 4 is 11.8 Å². The monoisotopic (exact) mass is 214 g/mol. The Kier molecular flexibility index (Phi) is 3.68. The molecule has 0 unspecified atom stereocenters. The number of nitrogens with one attached hydrogen (secondary N) is 1. The van der Waals surface area contributed by atoms with Gasteiger partial charge in [-0.15, -0.1) is 0 Å². The quantitative estimate of drug-likeness (QED) is 0.662. The maximum Gasteiger partial charge on any atom is 0.239 e. The molecule has 0 aromatic carbocycles. The van der Waals surface area contributed by atoms with Crippen LogP contribution in [-0.4, -0.2) is 47.6 Å². The minimum absolute atomic E-state index is 0.0470. The summed E-state index contributed by atoms with van der Waals surface area (Å²) in [7, 11) is 1.57. The van der Waals surface area contributed by atoms with Gasteiger partial charge in [-0.1, -0.05) is 0 Å². The molecule has 0 saturated heterocycles. The van der Waals surface area contributed by atoms with Gasteiger partial charge in [0.05, 0.1) is 12.1 Å². The number of carbonyl (C=O) groups excluding carboxylic acids is 2. The van der Waals surface area contributed by atoms with Crippen molar-refractivity contribution in [2.75, 3.05) is 20.1 Å². The smallest absolute Gasteiger partial charge is 0.239 e. The second-order valence-electron chi connectivity index (χ2n) is 4.23. The van der Waals surface area contributed by atoms with Crippen LogP contribution in [0.25, 0.3) is 0 Å². The molecule has 0 heterocycles. The second kappa shape index (κ2) is 4.61. The lowest BCUT2D eigenvalue weighted by molar-refractivity contribution is -0.133. The van der Waals surface area contributed by atoms with Crippen molar-refractivity contribution in [1.82, 2.24) is 10.2 Å². The van der Waals surface area contributed by atoms with E-state index in [1.165, 1.54) is 11.8 Å². The summed E-state index contributed by atoms with van der Waals surface area (Å²) in [6, 6.07) is 0. The lowest BCUT2D eigenvalue weighted by Gasteiger charge is -2.36. The Bertz CT molecular complexity index is 261. The second-order valence-corrected chi connectivity index (χ2v) is 4.23. The molecule has 0 aliphatic heterocycles. The molecule has 0 bridgehead atoms. The van der Waals surface area contributed by atoms with E-state index in [0.717, 1.165) is 19.3 Å². The number of aliphatic hydroxyl groups is 1. The van der Waals surface area contributed by atoms with Gasteiger partial charge in [-0.25, -0.2) is 0 Å². The molecule has 1 aliphatic rings. The van der Waals surface area contributed by atoms with Crippen molar-refractivity contribution in [2.45, 2.75) is 31.8 Å². The highest BCUT2D eigenvalue weighted by atomic mass is 16.3. The minimum atomic E-state index is -0.704. The van der Waals surface area contributed by atoms with Crippen molar-refractivity contribution in [3.8, 4) is 0 Å². The van der Waals surface area contributed by atoms with E-state index in [4.69, 9.17) is 0 Å². The molecule has 1 saturated carbocycles. The highest BCUT2D eigenvalue weighted by Crippen LogP contribution is 2.30. The van der Waals surface area contributed by atoms with E-state index < -0.39 is 5.60 Å². The first kappa shape index (κ1) is 12.0. The van der Waals surface area contributed by atoms with Crippen molar-refractivity contribution in [3.05, 3.63) is 0 Å². The molecule has 15 heavy (non-hydrogen) atoms. The molecule has 2 amide bonds. The van der Waals surface area contributed by atoms with Crippen LogP contribution in [0.4, 0.5) is 0 Å². The van der Waals surface area contributed by atoms with Gasteiger partial charge in [0.1, 0.15) is 0 Å². The predicted octanol–water partition coefficient (Wildman–Crippen LogP) is -0.504. The Hall–Kier alpha value is -1.10. The largest absolute Gasteiger partial charge is 0.388 e. The highest BCUT2D eigenvalue weighted by molar-refractivity contribution is 5.83. The molecule has 0 aromatic rings. The molecule has 1 fully saturated rings. The maximum atomic E-state index is 11.3. The van der Waals surface area contributed by atoms with E-state index in [1.54, 1.807) is 7.05 Å². The zero-order valence-corrected chi connectivity index (χ0v) is 9.25. The first-order valence-electron chi connectivity index (χ1n) is 5.14. The van der Waals surface area contributed by atoms with Crippen LogP contribution in [0.1, 0.15) is 26.2 Å². The fourth-order valence-corrected chi connectivity index (χ4v) is 1.41. The van der Waals surface area contributed by atoms with E-state index in [2.05, 4.69) is 5.32 Å². The SMILES string of the molecule is CC(=O)N(C)CC(=O)NCC1(O)CCC1. The summed E-state index contributed by atoms with van der Waals surface area (Å²) < 4.78 is 0. The third-order valence-electron chi connectivity index (χ3n) is 2.82. The molecule has 1 rings (SSSR count). The van der Waals surface area contributed by atoms with Crippen molar-refractivity contribution < 1.29 is 14.7 Å². The number of amides is 2. The molecule has 86 valence electrons. The molecule has 1 aliphatic carbocycles. The van der Waals surface area contributed by atoms with Gasteiger partial charge in [0.2, 0.25) is 11.8 Å². The molecule has 0 radical (unpaired) electrons. The summed E-state index contributed by atoms with van der Waals surface area (Å²) >= 11 is 0. The van der Waals surface area contributed by atoms with Crippen LogP contribution >= 0.6 is 0 Å². The molecule has 5 nitrogen and oxygen atoms in total. The number of hydrogen-bond acceptors (Lipinski definition) is 3. The van der Waals surface area contributed by atoms with Gasteiger partial charge in [-0.05, 0) is 19.3 Å². The first-order chi connectivity index (χ1) is 6.93. The van der Waals surface area contributed by atoms with Crippen LogP contribution in [-0.2, 0) is 9.59 Å². The number of likely N-dealkylation sites (N-methyl/N-ethyl adjacent to an activating group) is 1. The Morgan fingerprint density at radius 2 is 2.07 bits per heavy atom. The van der Waals surface area contributed by atoms with Crippen LogP contribution in [0.5, 0.6) is 0 Å². The van der Waals surface area contributed by atoms with Crippen LogP contribution < -0.4 is 5.32 Å². The van der Waals surface area contributed by atoms with Gasteiger partial charge < -0.3 is 15.3 Å². The van der Waals surface area contributed by atoms with Crippen LogP contribution in [0.3, 0.4) is 0 Å². The van der Waals surface area contributed by atoms with Crippen LogP contribution in [0, 0.1) is 0 Å². The topological polar surface area (TPSA) is 69.6 Å². The minimum Gasteiger partial charge on any atom is -0.388 e. The van der Waals surface area contributed by atoms with Crippen LogP contribution in [0.2, 0.25) is 0 Å². The first-order valence-corrected chi connectivity index (χ1v) is 5.14. The summed E-state index contributed by atoms with van der Waals surface area (Å²) in [6.07, 6.45) is 2.51. The average Bonchev–Trinajstić information content (AvgIpc) is 2.11. The molecule has 0 aromatic heterocycles. The van der Waals surface area contributed by atoms with E-state index in [1.807, 2.05) is 0 Å². The van der Waals surface area contributed by atoms with Crippen molar-refractivity contribution in [2.24, 2.45) is 0 Å². The molecule has 0 atom stereocenters. The Balaban J connectivity index is 2.21. The van der Waals surface area contributed by atoms with Gasteiger partial charge in [0.25, 0.3) is 0 Å². The Labute approximate surface area is 89.4 Å². The van der Waals surface area contributed by atoms with Gasteiger partial charge in [0, 0.05) is 20.5 Å². The number of rotatable bonds is 4. The van der Waals surface area contributed by atoms with Crippen molar-refractivity contribution in [1.29, 1.82) is 0 Å². The molecule has 5 heteroatoms. The van der Waals surface area contributed by atoms with E-state index >= 15 is 0 Å². The fourth-order valence-electron chi connectivity index (χ4n) is 1.41. The van der Waals surface area contributed by atoms with Crippen molar-refractivity contribution in [3.63, 3.8) is 0 Å². The summed E-state index contributed by atoms with van der Waals surface area (Å²) in [5.74, 6) is -0.375. The molecular weight excluding hydrogens is 196 g/mol. The number of carbonyl (C=O) groups is 2. The molecular formula is C10H18N2O3. The predicted molar refractivity (Wildman–Crippen MR) is 55.1 cm³/mol. The molecule has 0 spiro atoms. The third kappa shape index (κ3) is 3.51. The third-order valence-corrected chi connectivity index (χ3v) is 2.82. The van der Waals surface area contributed by atoms with Gasteiger partial charge >= 0.3 is 0 Å². The van der Waals surface area contributed by atoms with Crippen LogP contribution in [0.15, 0.2) is 0 Å². The zero-order valence-electron chi connectivity index (χ0n) is 9.25.